The summed E-state index contributed by atoms with van der Waals surface area (Å²) in [6, 6.07) is 16.2. The van der Waals surface area contributed by atoms with Gasteiger partial charge in [0.15, 0.2) is 5.78 Å². The van der Waals surface area contributed by atoms with Gasteiger partial charge in [-0.05, 0) is 53.1 Å². The molecule has 4 rings (SSSR count). The summed E-state index contributed by atoms with van der Waals surface area (Å²) in [6.07, 6.45) is 1.69. The van der Waals surface area contributed by atoms with Gasteiger partial charge >= 0.3 is 0 Å². The van der Waals surface area contributed by atoms with Crippen molar-refractivity contribution in [3.8, 4) is 11.1 Å². The van der Waals surface area contributed by atoms with E-state index < -0.39 is 0 Å². The number of hydrogen-bond acceptors (Lipinski definition) is 2. The first-order valence-corrected chi connectivity index (χ1v) is 8.64. The van der Waals surface area contributed by atoms with Gasteiger partial charge in [-0.15, -0.1) is 0 Å². The minimum Gasteiger partial charge on any atom is -0.289 e. The topological polar surface area (TPSA) is 29.4 Å². The molecular formula is C20H10Cl3NO. The van der Waals surface area contributed by atoms with Crippen molar-refractivity contribution in [2.24, 2.45) is 4.99 Å². The highest BCUT2D eigenvalue weighted by Gasteiger charge is 2.26. The average molecular weight is 387 g/mol. The molecule has 0 amide bonds. The first kappa shape index (κ1) is 16.3. The van der Waals surface area contributed by atoms with Crippen LogP contribution in [-0.2, 0) is 0 Å². The molecule has 1 aliphatic rings. The van der Waals surface area contributed by atoms with Crippen LogP contribution in [0.2, 0.25) is 15.1 Å². The summed E-state index contributed by atoms with van der Waals surface area (Å²) in [5.74, 6) is -0.0286. The van der Waals surface area contributed by atoms with Gasteiger partial charge in [0, 0.05) is 22.4 Å². The molecule has 0 saturated heterocycles. The lowest BCUT2D eigenvalue weighted by atomic mass is 10.1. The fourth-order valence-electron chi connectivity index (χ4n) is 2.86. The number of ketones is 1. The van der Waals surface area contributed by atoms with E-state index in [1.54, 1.807) is 36.5 Å². The SMILES string of the molecule is O=C1c2cc(Cl)ccc2-c2ccc(N=Cc3ccc(Cl)c(Cl)c3)cc21. The van der Waals surface area contributed by atoms with E-state index in [-0.39, 0.29) is 5.78 Å². The first-order chi connectivity index (χ1) is 12.0. The van der Waals surface area contributed by atoms with Crippen LogP contribution in [0.4, 0.5) is 5.69 Å². The minimum absolute atomic E-state index is 0.0286. The summed E-state index contributed by atoms with van der Waals surface area (Å²) < 4.78 is 0. The van der Waals surface area contributed by atoms with Crippen LogP contribution >= 0.6 is 34.8 Å². The maximum Gasteiger partial charge on any atom is 0.194 e. The zero-order valence-electron chi connectivity index (χ0n) is 12.8. The summed E-state index contributed by atoms with van der Waals surface area (Å²) >= 11 is 17.9. The Morgan fingerprint density at radius 2 is 1.44 bits per heavy atom. The Morgan fingerprint density at radius 1 is 0.720 bits per heavy atom. The summed E-state index contributed by atoms with van der Waals surface area (Å²) in [4.78, 5) is 17.0. The molecule has 0 heterocycles. The highest BCUT2D eigenvalue weighted by atomic mass is 35.5. The number of fused-ring (bicyclic) bond motifs is 3. The van der Waals surface area contributed by atoms with Crippen molar-refractivity contribution in [2.75, 3.05) is 0 Å². The van der Waals surface area contributed by atoms with Crippen LogP contribution in [0.1, 0.15) is 21.5 Å². The number of nitrogens with zero attached hydrogens (tertiary/aromatic N) is 1. The van der Waals surface area contributed by atoms with Crippen molar-refractivity contribution in [3.63, 3.8) is 0 Å². The second kappa shape index (κ2) is 6.30. The fourth-order valence-corrected chi connectivity index (χ4v) is 3.34. The van der Waals surface area contributed by atoms with E-state index in [2.05, 4.69) is 4.99 Å². The molecule has 3 aromatic carbocycles. The normalized spacial score (nSPS) is 12.5. The molecule has 0 saturated carbocycles. The molecule has 0 fully saturated rings. The zero-order valence-corrected chi connectivity index (χ0v) is 15.0. The lowest BCUT2D eigenvalue weighted by molar-refractivity contribution is 0.104. The van der Waals surface area contributed by atoms with Crippen molar-refractivity contribution < 1.29 is 4.79 Å². The van der Waals surface area contributed by atoms with Crippen LogP contribution in [0.3, 0.4) is 0 Å². The Bertz CT molecular complexity index is 1060. The lowest BCUT2D eigenvalue weighted by Crippen LogP contribution is -1.94. The largest absolute Gasteiger partial charge is 0.289 e. The summed E-state index contributed by atoms with van der Waals surface area (Å²) in [5, 5.41) is 1.53. The van der Waals surface area contributed by atoms with E-state index >= 15 is 0 Å². The van der Waals surface area contributed by atoms with Gasteiger partial charge in [0.25, 0.3) is 0 Å². The van der Waals surface area contributed by atoms with Crippen molar-refractivity contribution in [1.82, 2.24) is 0 Å². The average Bonchev–Trinajstić information content (AvgIpc) is 2.88. The van der Waals surface area contributed by atoms with Crippen LogP contribution in [0.25, 0.3) is 11.1 Å². The van der Waals surface area contributed by atoms with Crippen molar-refractivity contribution in [3.05, 3.63) is 86.4 Å². The van der Waals surface area contributed by atoms with E-state index in [4.69, 9.17) is 34.8 Å². The van der Waals surface area contributed by atoms with Gasteiger partial charge in [0.1, 0.15) is 0 Å². The second-order valence-corrected chi connectivity index (χ2v) is 6.93. The van der Waals surface area contributed by atoms with E-state index in [1.165, 1.54) is 0 Å². The Labute approximate surface area is 159 Å². The van der Waals surface area contributed by atoms with Gasteiger partial charge in [0.2, 0.25) is 0 Å². The monoisotopic (exact) mass is 385 g/mol. The molecule has 0 spiro atoms. The van der Waals surface area contributed by atoms with E-state index in [0.29, 0.717) is 31.9 Å². The van der Waals surface area contributed by atoms with Crippen molar-refractivity contribution >= 4 is 52.5 Å². The highest BCUT2D eigenvalue weighted by Crippen LogP contribution is 2.39. The predicted molar refractivity (Wildman–Crippen MR) is 104 cm³/mol. The molecule has 0 aromatic heterocycles. The van der Waals surface area contributed by atoms with Crippen LogP contribution < -0.4 is 0 Å². The molecule has 0 atom stereocenters. The molecular weight excluding hydrogens is 377 g/mol. The Hall–Kier alpha value is -2.13. The lowest BCUT2D eigenvalue weighted by Gasteiger charge is -2.01. The van der Waals surface area contributed by atoms with Crippen LogP contribution in [0.15, 0.2) is 59.6 Å². The molecule has 0 radical (unpaired) electrons. The Balaban J connectivity index is 1.69. The standard InChI is InChI=1S/C20H10Cl3NO/c21-12-2-4-14-15-5-3-13(9-17(15)20(25)16(14)8-12)24-10-11-1-6-18(22)19(23)7-11/h1-10H. The van der Waals surface area contributed by atoms with Crippen LogP contribution in [0, 0.1) is 0 Å². The Morgan fingerprint density at radius 3 is 2.20 bits per heavy atom. The summed E-state index contributed by atoms with van der Waals surface area (Å²) in [5.41, 5.74) is 4.61. The summed E-state index contributed by atoms with van der Waals surface area (Å²) in [7, 11) is 0. The van der Waals surface area contributed by atoms with E-state index in [1.807, 2.05) is 24.3 Å². The molecule has 122 valence electrons. The number of halogens is 3. The van der Waals surface area contributed by atoms with E-state index in [9.17, 15) is 4.79 Å². The number of carbonyl (C=O) groups excluding carboxylic acids is 1. The predicted octanol–water partition coefficient (Wildman–Crippen LogP) is 6.61. The molecule has 25 heavy (non-hydrogen) atoms. The third kappa shape index (κ3) is 2.98. The van der Waals surface area contributed by atoms with Gasteiger partial charge in [0.05, 0.1) is 15.7 Å². The molecule has 3 aromatic rings. The summed E-state index contributed by atoms with van der Waals surface area (Å²) in [6.45, 7) is 0. The third-order valence-corrected chi connectivity index (χ3v) is 5.04. The smallest absolute Gasteiger partial charge is 0.194 e. The number of hydrogen-bond donors (Lipinski definition) is 0. The second-order valence-electron chi connectivity index (χ2n) is 5.68. The molecule has 0 N–H and O–H groups in total. The van der Waals surface area contributed by atoms with Crippen LogP contribution in [0.5, 0.6) is 0 Å². The Kier molecular flexibility index (Phi) is 4.12. The van der Waals surface area contributed by atoms with Gasteiger partial charge in [-0.25, -0.2) is 0 Å². The number of benzene rings is 3. The number of aliphatic imine (C=N–C) groups is 1. The maximum atomic E-state index is 12.6. The molecule has 2 nitrogen and oxygen atoms in total. The maximum absolute atomic E-state index is 12.6. The molecule has 0 bridgehead atoms. The third-order valence-electron chi connectivity index (χ3n) is 4.07. The quantitative estimate of drug-likeness (QED) is 0.356. The molecule has 0 unspecified atom stereocenters. The number of carbonyl (C=O) groups is 1. The van der Waals surface area contributed by atoms with Gasteiger partial charge in [-0.2, -0.15) is 0 Å². The molecule has 0 aliphatic heterocycles. The fraction of sp³-hybridized carbons (Fsp3) is 0. The molecule has 1 aliphatic carbocycles. The van der Waals surface area contributed by atoms with Gasteiger partial charge < -0.3 is 0 Å². The van der Waals surface area contributed by atoms with Crippen LogP contribution in [-0.4, -0.2) is 12.0 Å². The zero-order chi connectivity index (χ0) is 17.6. The van der Waals surface area contributed by atoms with Gasteiger partial charge in [-0.3, -0.25) is 9.79 Å². The highest BCUT2D eigenvalue weighted by molar-refractivity contribution is 6.42. The number of rotatable bonds is 2. The minimum atomic E-state index is -0.0286. The van der Waals surface area contributed by atoms with Crippen molar-refractivity contribution in [1.29, 1.82) is 0 Å². The van der Waals surface area contributed by atoms with E-state index in [0.717, 1.165) is 16.7 Å². The van der Waals surface area contributed by atoms with Gasteiger partial charge in [-0.1, -0.05) is 53.0 Å². The van der Waals surface area contributed by atoms with Crippen molar-refractivity contribution in [2.45, 2.75) is 0 Å². The molecule has 5 heteroatoms. The first-order valence-electron chi connectivity index (χ1n) is 7.51.